The van der Waals surface area contributed by atoms with E-state index in [2.05, 4.69) is 25.6 Å². The molecule has 0 aliphatic heterocycles. The van der Waals surface area contributed by atoms with E-state index in [4.69, 9.17) is 23.2 Å². The third-order valence-corrected chi connectivity index (χ3v) is 5.42. The van der Waals surface area contributed by atoms with Gasteiger partial charge >= 0.3 is 0 Å². The number of nitrogens with zero attached hydrogens (tertiary/aromatic N) is 1. The van der Waals surface area contributed by atoms with Gasteiger partial charge in [0.1, 0.15) is 10.0 Å². The molecule has 4 nitrogen and oxygen atoms in total. The van der Waals surface area contributed by atoms with Gasteiger partial charge in [-0.1, -0.05) is 39.1 Å². The molecule has 0 saturated carbocycles. The van der Waals surface area contributed by atoms with Gasteiger partial charge in [-0.3, -0.25) is 4.72 Å². The number of halogens is 3. The van der Waals surface area contributed by atoms with Gasteiger partial charge in [-0.15, -0.1) is 0 Å². The molecule has 0 unspecified atom stereocenters. The molecular formula is C12H9BrCl2N2O2S. The maximum absolute atomic E-state index is 12.2. The third kappa shape index (κ3) is 3.44. The molecule has 2 rings (SSSR count). The first-order valence-electron chi connectivity index (χ1n) is 5.39. The standard InChI is InChI=1S/C12H9BrCl2N2O2S/c1-7-4-8(2-3-10(7)13)17-20(18,19)9-5-11(14)12(15)16-6-9/h2-6,17H,1H3. The number of anilines is 1. The summed E-state index contributed by atoms with van der Waals surface area (Å²) < 4.78 is 27.8. The lowest BCUT2D eigenvalue weighted by molar-refractivity contribution is 0.601. The molecule has 0 radical (unpaired) electrons. The summed E-state index contributed by atoms with van der Waals surface area (Å²) in [6.45, 7) is 1.86. The van der Waals surface area contributed by atoms with Crippen molar-refractivity contribution < 1.29 is 8.42 Å². The molecule has 0 aliphatic rings. The van der Waals surface area contributed by atoms with Crippen molar-refractivity contribution in [3.8, 4) is 0 Å². The number of pyridine rings is 1. The quantitative estimate of drug-likeness (QED) is 0.789. The smallest absolute Gasteiger partial charge is 0.263 e. The van der Waals surface area contributed by atoms with Crippen LogP contribution in [0, 0.1) is 6.92 Å². The van der Waals surface area contributed by atoms with Crippen LogP contribution < -0.4 is 4.72 Å². The van der Waals surface area contributed by atoms with E-state index >= 15 is 0 Å². The summed E-state index contributed by atoms with van der Waals surface area (Å²) in [6.07, 6.45) is 1.16. The van der Waals surface area contributed by atoms with Gasteiger partial charge in [0.2, 0.25) is 0 Å². The Balaban J connectivity index is 2.35. The van der Waals surface area contributed by atoms with Crippen molar-refractivity contribution in [2.75, 3.05) is 4.72 Å². The molecule has 0 bridgehead atoms. The van der Waals surface area contributed by atoms with Gasteiger partial charge in [-0.25, -0.2) is 13.4 Å². The Hall–Kier alpha value is -0.820. The zero-order valence-corrected chi connectivity index (χ0v) is 14.1. The lowest BCUT2D eigenvalue weighted by Gasteiger charge is -2.09. The van der Waals surface area contributed by atoms with Gasteiger partial charge in [0, 0.05) is 16.4 Å². The minimum absolute atomic E-state index is 0.0486. The van der Waals surface area contributed by atoms with Crippen LogP contribution >= 0.6 is 39.1 Å². The monoisotopic (exact) mass is 394 g/mol. The molecule has 1 heterocycles. The predicted molar refractivity (Wildman–Crippen MR) is 83.9 cm³/mol. The van der Waals surface area contributed by atoms with E-state index in [-0.39, 0.29) is 15.1 Å². The van der Waals surface area contributed by atoms with Crippen LogP contribution in [0.5, 0.6) is 0 Å². The number of hydrogen-bond donors (Lipinski definition) is 1. The highest BCUT2D eigenvalue weighted by Gasteiger charge is 2.16. The second-order valence-corrected chi connectivity index (χ2v) is 7.32. The van der Waals surface area contributed by atoms with Crippen molar-refractivity contribution in [3.63, 3.8) is 0 Å². The summed E-state index contributed by atoms with van der Waals surface area (Å²) in [5.41, 5.74) is 1.37. The topological polar surface area (TPSA) is 59.1 Å². The Morgan fingerprint density at radius 1 is 1.25 bits per heavy atom. The molecule has 8 heteroatoms. The van der Waals surface area contributed by atoms with Gasteiger partial charge in [0.05, 0.1) is 5.02 Å². The fourth-order valence-corrected chi connectivity index (χ4v) is 3.07. The largest absolute Gasteiger partial charge is 0.280 e. The van der Waals surface area contributed by atoms with Crippen molar-refractivity contribution in [2.45, 2.75) is 11.8 Å². The van der Waals surface area contributed by atoms with Crippen molar-refractivity contribution >= 4 is 54.8 Å². The molecule has 0 atom stereocenters. The number of hydrogen-bond acceptors (Lipinski definition) is 3. The van der Waals surface area contributed by atoms with E-state index in [9.17, 15) is 8.42 Å². The fourth-order valence-electron chi connectivity index (χ4n) is 1.47. The normalized spacial score (nSPS) is 11.4. The molecule has 1 aromatic carbocycles. The van der Waals surface area contributed by atoms with Crippen LogP contribution in [-0.4, -0.2) is 13.4 Å². The second kappa shape index (κ2) is 5.89. The van der Waals surface area contributed by atoms with E-state index < -0.39 is 10.0 Å². The maximum atomic E-state index is 12.2. The Labute approximate surface area is 135 Å². The van der Waals surface area contributed by atoms with Crippen LogP contribution in [0.2, 0.25) is 10.2 Å². The van der Waals surface area contributed by atoms with E-state index in [1.807, 2.05) is 6.92 Å². The SMILES string of the molecule is Cc1cc(NS(=O)(=O)c2cnc(Cl)c(Cl)c2)ccc1Br. The van der Waals surface area contributed by atoms with Crippen molar-refractivity contribution in [1.82, 2.24) is 4.98 Å². The number of aromatic nitrogens is 1. The number of rotatable bonds is 3. The lowest BCUT2D eigenvalue weighted by Crippen LogP contribution is -2.13. The van der Waals surface area contributed by atoms with Crippen LogP contribution in [0.15, 0.2) is 39.8 Å². The summed E-state index contributed by atoms with van der Waals surface area (Å²) in [4.78, 5) is 3.68. The molecule has 1 aromatic heterocycles. The number of sulfonamides is 1. The summed E-state index contributed by atoms with van der Waals surface area (Å²) in [5.74, 6) is 0. The van der Waals surface area contributed by atoms with Gasteiger partial charge in [-0.2, -0.15) is 0 Å². The molecule has 0 amide bonds. The maximum Gasteiger partial charge on any atom is 0.263 e. The molecule has 0 spiro atoms. The van der Waals surface area contributed by atoms with Crippen LogP contribution in [0.4, 0.5) is 5.69 Å². The fraction of sp³-hybridized carbons (Fsp3) is 0.0833. The summed E-state index contributed by atoms with van der Waals surface area (Å²) in [7, 11) is -3.75. The minimum Gasteiger partial charge on any atom is -0.280 e. The van der Waals surface area contributed by atoms with Crippen LogP contribution in [-0.2, 0) is 10.0 Å². The summed E-state index contributed by atoms with van der Waals surface area (Å²) in [6, 6.07) is 6.39. The van der Waals surface area contributed by atoms with Crippen molar-refractivity contribution in [3.05, 3.63) is 50.7 Å². The third-order valence-electron chi connectivity index (χ3n) is 2.49. The molecule has 1 N–H and O–H groups in total. The van der Waals surface area contributed by atoms with Crippen LogP contribution in [0.3, 0.4) is 0 Å². The molecular weight excluding hydrogens is 387 g/mol. The molecule has 0 aliphatic carbocycles. The average Bonchev–Trinajstić information content (AvgIpc) is 2.37. The van der Waals surface area contributed by atoms with Gasteiger partial charge in [0.15, 0.2) is 0 Å². The van der Waals surface area contributed by atoms with Gasteiger partial charge < -0.3 is 0 Å². The average molecular weight is 396 g/mol. The van der Waals surface area contributed by atoms with Crippen molar-refractivity contribution in [1.29, 1.82) is 0 Å². The van der Waals surface area contributed by atoms with E-state index in [0.717, 1.165) is 16.2 Å². The van der Waals surface area contributed by atoms with E-state index in [1.165, 1.54) is 6.07 Å². The summed E-state index contributed by atoms with van der Waals surface area (Å²) >= 11 is 14.8. The number of aryl methyl sites for hydroxylation is 1. The highest BCUT2D eigenvalue weighted by atomic mass is 79.9. The van der Waals surface area contributed by atoms with E-state index in [1.54, 1.807) is 18.2 Å². The Kier molecular flexibility index (Phi) is 4.59. The first kappa shape index (κ1) is 15.6. The molecule has 2 aromatic rings. The zero-order chi connectivity index (χ0) is 14.9. The zero-order valence-electron chi connectivity index (χ0n) is 10.2. The predicted octanol–water partition coefficient (Wildman–Crippen LogP) is 4.26. The Morgan fingerprint density at radius 3 is 2.55 bits per heavy atom. The number of nitrogens with one attached hydrogen (secondary N) is 1. The molecule has 106 valence electrons. The lowest BCUT2D eigenvalue weighted by atomic mass is 10.2. The molecule has 0 saturated heterocycles. The summed E-state index contributed by atoms with van der Waals surface area (Å²) in [5, 5.41) is 0.145. The van der Waals surface area contributed by atoms with Gasteiger partial charge in [0.25, 0.3) is 10.0 Å². The Morgan fingerprint density at radius 2 is 1.95 bits per heavy atom. The second-order valence-electron chi connectivity index (χ2n) is 4.01. The minimum atomic E-state index is -3.75. The highest BCUT2D eigenvalue weighted by molar-refractivity contribution is 9.10. The number of benzene rings is 1. The first-order valence-corrected chi connectivity index (χ1v) is 8.43. The highest BCUT2D eigenvalue weighted by Crippen LogP contribution is 2.25. The van der Waals surface area contributed by atoms with E-state index in [0.29, 0.717) is 5.69 Å². The Bertz CT molecular complexity index is 766. The van der Waals surface area contributed by atoms with Crippen molar-refractivity contribution in [2.24, 2.45) is 0 Å². The van der Waals surface area contributed by atoms with Gasteiger partial charge in [-0.05, 0) is 36.8 Å². The molecule has 20 heavy (non-hydrogen) atoms. The van der Waals surface area contributed by atoms with Crippen LogP contribution in [0.25, 0.3) is 0 Å². The first-order chi connectivity index (χ1) is 9.29. The van der Waals surface area contributed by atoms with Crippen LogP contribution in [0.1, 0.15) is 5.56 Å². The molecule has 0 fully saturated rings.